The molecule has 0 spiro atoms. The van der Waals surface area contributed by atoms with Gasteiger partial charge < -0.3 is 20.5 Å². The van der Waals surface area contributed by atoms with Gasteiger partial charge >= 0.3 is 12.1 Å². The topological polar surface area (TPSA) is 105 Å². The molecule has 3 N–H and O–H groups in total. The highest BCUT2D eigenvalue weighted by Gasteiger charge is 2.32. The summed E-state index contributed by atoms with van der Waals surface area (Å²) >= 11 is 0. The van der Waals surface area contributed by atoms with Gasteiger partial charge in [-0.3, -0.25) is 9.59 Å². The molecule has 0 aliphatic heterocycles. The van der Waals surface area contributed by atoms with Crippen LogP contribution < -0.4 is 10.6 Å². The zero-order valence-electron chi connectivity index (χ0n) is 18.8. The minimum absolute atomic E-state index is 0.0128. The van der Waals surface area contributed by atoms with Gasteiger partial charge in [-0.2, -0.15) is 0 Å². The van der Waals surface area contributed by atoms with Gasteiger partial charge in [0.2, 0.25) is 5.91 Å². The lowest BCUT2D eigenvalue weighted by molar-refractivity contribution is -0.139. The number of nitrogens with one attached hydrogen (secondary N) is 2. The van der Waals surface area contributed by atoms with E-state index >= 15 is 0 Å². The Labute approximate surface area is 193 Å². The quantitative estimate of drug-likeness (QED) is 0.537. The fourth-order valence-electron chi connectivity index (χ4n) is 4.85. The number of benzene rings is 2. The van der Waals surface area contributed by atoms with Gasteiger partial charge in [-0.25, -0.2) is 4.79 Å². The van der Waals surface area contributed by atoms with Crippen molar-refractivity contribution in [1.82, 2.24) is 10.6 Å². The van der Waals surface area contributed by atoms with Gasteiger partial charge in [0.25, 0.3) is 0 Å². The van der Waals surface area contributed by atoms with Crippen LogP contribution in [0.3, 0.4) is 0 Å². The predicted molar refractivity (Wildman–Crippen MR) is 124 cm³/mol. The molecule has 2 aromatic carbocycles. The van der Waals surface area contributed by atoms with E-state index in [1.807, 2.05) is 31.2 Å². The van der Waals surface area contributed by atoms with Crippen molar-refractivity contribution in [3.05, 3.63) is 59.7 Å². The maximum Gasteiger partial charge on any atom is 0.407 e. The number of carboxylic acids is 1. The van der Waals surface area contributed by atoms with E-state index in [9.17, 15) is 14.4 Å². The van der Waals surface area contributed by atoms with Crippen molar-refractivity contribution in [3.63, 3.8) is 0 Å². The molecule has 2 amide bonds. The molecule has 0 aromatic heterocycles. The standard InChI is InChI=1S/C26H30N2O5/c1-16(10-24(29)28-18-11-17(12-18)13-25(30)31)14-27-26(32)33-15-23-21-8-4-2-6-19(21)20-7-3-5-9-22(20)23/h2-9,16-18,23H,10-15H2,1H3,(H,27,32)(H,28,29)(H,30,31). The number of carbonyl (C=O) groups excluding carboxylic acids is 2. The molecule has 0 bridgehead atoms. The fourth-order valence-corrected chi connectivity index (χ4v) is 4.85. The van der Waals surface area contributed by atoms with E-state index in [0.29, 0.717) is 25.8 Å². The first-order chi connectivity index (χ1) is 15.9. The normalized spacial score (nSPS) is 19.5. The summed E-state index contributed by atoms with van der Waals surface area (Å²) in [4.78, 5) is 35.2. The lowest BCUT2D eigenvalue weighted by Gasteiger charge is -2.35. The number of rotatable bonds is 9. The van der Waals surface area contributed by atoms with Crippen molar-refractivity contribution in [1.29, 1.82) is 0 Å². The summed E-state index contributed by atoms with van der Waals surface area (Å²) in [6.45, 7) is 2.50. The smallest absolute Gasteiger partial charge is 0.407 e. The molecular formula is C26H30N2O5. The molecule has 1 saturated carbocycles. The highest BCUT2D eigenvalue weighted by molar-refractivity contribution is 5.79. The monoisotopic (exact) mass is 450 g/mol. The summed E-state index contributed by atoms with van der Waals surface area (Å²) in [6.07, 6.45) is 1.39. The summed E-state index contributed by atoms with van der Waals surface area (Å²) in [5, 5.41) is 14.5. The van der Waals surface area contributed by atoms with Crippen molar-refractivity contribution in [2.45, 2.75) is 44.6 Å². The highest BCUT2D eigenvalue weighted by Crippen LogP contribution is 2.44. The second-order valence-corrected chi connectivity index (χ2v) is 9.22. The van der Waals surface area contributed by atoms with Crippen molar-refractivity contribution < 1.29 is 24.2 Å². The van der Waals surface area contributed by atoms with E-state index in [1.165, 1.54) is 11.1 Å². The molecule has 174 valence electrons. The Morgan fingerprint density at radius 2 is 1.64 bits per heavy atom. The van der Waals surface area contributed by atoms with Crippen molar-refractivity contribution in [2.24, 2.45) is 11.8 Å². The summed E-state index contributed by atoms with van der Waals surface area (Å²) in [5.41, 5.74) is 4.70. The van der Waals surface area contributed by atoms with Crippen LogP contribution in [0, 0.1) is 11.8 Å². The molecule has 7 heteroatoms. The van der Waals surface area contributed by atoms with E-state index in [1.54, 1.807) is 0 Å². The number of aliphatic carboxylic acids is 1. The Balaban J connectivity index is 1.18. The van der Waals surface area contributed by atoms with Crippen LogP contribution in [0.2, 0.25) is 0 Å². The minimum atomic E-state index is -0.794. The van der Waals surface area contributed by atoms with Crippen molar-refractivity contribution in [3.8, 4) is 11.1 Å². The van der Waals surface area contributed by atoms with Gasteiger partial charge in [-0.15, -0.1) is 0 Å². The van der Waals surface area contributed by atoms with Gasteiger partial charge in [0.05, 0.1) is 0 Å². The minimum Gasteiger partial charge on any atom is -0.481 e. The van der Waals surface area contributed by atoms with Gasteiger partial charge in [0, 0.05) is 31.3 Å². The Hall–Kier alpha value is -3.35. The number of fused-ring (bicyclic) bond motifs is 3. The highest BCUT2D eigenvalue weighted by atomic mass is 16.5. The lowest BCUT2D eigenvalue weighted by Crippen LogP contribution is -2.45. The Bertz CT molecular complexity index is 985. The second-order valence-electron chi connectivity index (χ2n) is 9.22. The molecule has 0 heterocycles. The molecule has 2 aromatic rings. The summed E-state index contributed by atoms with van der Waals surface area (Å²) in [5.74, 6) is -0.743. The SMILES string of the molecule is CC(CNC(=O)OCC1c2ccccc2-c2ccccc21)CC(=O)NC1CC(CC(=O)O)C1. The van der Waals surface area contributed by atoms with Gasteiger partial charge in [-0.05, 0) is 46.9 Å². The number of ether oxygens (including phenoxy) is 1. The number of amides is 2. The number of hydrogen-bond donors (Lipinski definition) is 3. The van der Waals surface area contributed by atoms with Gasteiger partial charge in [-0.1, -0.05) is 55.5 Å². The van der Waals surface area contributed by atoms with E-state index in [4.69, 9.17) is 9.84 Å². The Morgan fingerprint density at radius 3 is 2.24 bits per heavy atom. The largest absolute Gasteiger partial charge is 0.481 e. The summed E-state index contributed by atoms with van der Waals surface area (Å²) < 4.78 is 5.53. The third kappa shape index (κ3) is 5.53. The summed E-state index contributed by atoms with van der Waals surface area (Å²) in [6, 6.07) is 16.4. The first kappa shape index (κ1) is 22.8. The molecular weight excluding hydrogens is 420 g/mol. The van der Waals surface area contributed by atoms with Gasteiger partial charge in [0.15, 0.2) is 0 Å². The fraction of sp³-hybridized carbons (Fsp3) is 0.423. The first-order valence-electron chi connectivity index (χ1n) is 11.5. The van der Waals surface area contributed by atoms with Crippen LogP contribution in [0.15, 0.2) is 48.5 Å². The van der Waals surface area contributed by atoms with Crippen LogP contribution in [0.25, 0.3) is 11.1 Å². The molecule has 4 rings (SSSR count). The lowest BCUT2D eigenvalue weighted by atomic mass is 9.78. The van der Waals surface area contributed by atoms with Crippen LogP contribution in [-0.4, -0.2) is 42.3 Å². The van der Waals surface area contributed by atoms with Crippen LogP contribution in [0.5, 0.6) is 0 Å². The molecule has 2 aliphatic carbocycles. The average molecular weight is 451 g/mol. The van der Waals surface area contributed by atoms with E-state index in [0.717, 1.165) is 11.1 Å². The molecule has 1 atom stereocenters. The third-order valence-corrected chi connectivity index (χ3v) is 6.54. The zero-order chi connectivity index (χ0) is 23.4. The number of carboxylic acid groups (broad SMARTS) is 1. The first-order valence-corrected chi connectivity index (χ1v) is 11.5. The number of hydrogen-bond acceptors (Lipinski definition) is 4. The Morgan fingerprint density at radius 1 is 1.03 bits per heavy atom. The van der Waals surface area contributed by atoms with Crippen LogP contribution in [-0.2, 0) is 14.3 Å². The predicted octanol–water partition coefficient (Wildman–Crippen LogP) is 3.92. The Kier molecular flexibility index (Phi) is 6.96. The maximum atomic E-state index is 12.3. The second kappa shape index (κ2) is 10.1. The molecule has 1 fully saturated rings. The van der Waals surface area contributed by atoms with Crippen LogP contribution >= 0.6 is 0 Å². The molecule has 2 aliphatic rings. The molecule has 33 heavy (non-hydrogen) atoms. The summed E-state index contributed by atoms with van der Waals surface area (Å²) in [7, 11) is 0. The van der Waals surface area contributed by atoms with Crippen molar-refractivity contribution >= 4 is 18.0 Å². The zero-order valence-corrected chi connectivity index (χ0v) is 18.8. The van der Waals surface area contributed by atoms with E-state index < -0.39 is 12.1 Å². The molecule has 0 radical (unpaired) electrons. The third-order valence-electron chi connectivity index (χ3n) is 6.54. The molecule has 7 nitrogen and oxygen atoms in total. The van der Waals surface area contributed by atoms with E-state index in [2.05, 4.69) is 34.9 Å². The van der Waals surface area contributed by atoms with Crippen LogP contribution in [0.4, 0.5) is 4.79 Å². The molecule has 1 unspecified atom stereocenters. The van der Waals surface area contributed by atoms with Crippen LogP contribution in [0.1, 0.15) is 49.7 Å². The van der Waals surface area contributed by atoms with Gasteiger partial charge in [0.1, 0.15) is 6.61 Å². The number of alkyl carbamates (subject to hydrolysis) is 1. The van der Waals surface area contributed by atoms with Crippen molar-refractivity contribution in [2.75, 3.05) is 13.2 Å². The molecule has 0 saturated heterocycles. The number of carbonyl (C=O) groups is 3. The van der Waals surface area contributed by atoms with E-state index in [-0.39, 0.29) is 42.7 Å². The maximum absolute atomic E-state index is 12.3. The average Bonchev–Trinajstić information content (AvgIpc) is 3.08.